The van der Waals surface area contributed by atoms with Crippen molar-refractivity contribution in [3.05, 3.63) is 0 Å². The fourth-order valence-electron chi connectivity index (χ4n) is 1.19. The lowest BCUT2D eigenvalue weighted by atomic mass is 10.2. The lowest BCUT2D eigenvalue weighted by Gasteiger charge is -2.17. The normalized spacial score (nSPS) is 14.1. The Morgan fingerprint density at radius 3 is 2.22 bits per heavy atom. The van der Waals surface area contributed by atoms with Gasteiger partial charge in [0.15, 0.2) is 0 Å². The summed E-state index contributed by atoms with van der Waals surface area (Å²) in [5, 5.41) is 8.58. The number of carbonyl (C=O) groups is 2. The molecule has 2 atom stereocenters. The van der Waals surface area contributed by atoms with Crippen molar-refractivity contribution in [3.63, 3.8) is 0 Å². The summed E-state index contributed by atoms with van der Waals surface area (Å²) in [5.41, 5.74) is 0. The minimum absolute atomic E-state index is 0.0685. The Bertz CT molecular complexity index is 267. The maximum Gasteiger partial charge on any atom is 0.237 e. The highest BCUT2D eigenvalue weighted by atomic mass is 16.2. The highest BCUT2D eigenvalue weighted by Gasteiger charge is 2.14. The molecule has 0 saturated heterocycles. The van der Waals surface area contributed by atoms with Gasteiger partial charge in [-0.3, -0.25) is 14.9 Å². The minimum atomic E-state index is -0.358. The van der Waals surface area contributed by atoms with E-state index in [0.29, 0.717) is 12.5 Å². The molecule has 0 aromatic rings. The van der Waals surface area contributed by atoms with E-state index in [4.69, 9.17) is 0 Å². The van der Waals surface area contributed by atoms with Gasteiger partial charge in [-0.2, -0.15) is 0 Å². The first kappa shape index (κ1) is 16.9. The van der Waals surface area contributed by atoms with Crippen LogP contribution in [0.25, 0.3) is 0 Å². The van der Waals surface area contributed by atoms with Gasteiger partial charge in [-0.1, -0.05) is 20.8 Å². The second-order valence-electron chi connectivity index (χ2n) is 5.12. The molecule has 2 unspecified atom stereocenters. The number of amides is 2. The van der Waals surface area contributed by atoms with Crippen LogP contribution in [-0.4, -0.2) is 37.0 Å². The third-order valence-corrected chi connectivity index (χ3v) is 2.67. The van der Waals surface area contributed by atoms with E-state index in [0.717, 1.165) is 6.42 Å². The lowest BCUT2D eigenvalue weighted by Crippen LogP contribution is -2.48. The van der Waals surface area contributed by atoms with E-state index in [-0.39, 0.29) is 30.4 Å². The Kier molecular flexibility index (Phi) is 8.37. The van der Waals surface area contributed by atoms with Crippen molar-refractivity contribution in [2.45, 2.75) is 53.1 Å². The largest absolute Gasteiger partial charge is 0.355 e. The SMILES string of the molecule is CCC(C)NC(=O)C(C)NCC(=O)NCC(C)C. The molecule has 18 heavy (non-hydrogen) atoms. The van der Waals surface area contributed by atoms with E-state index in [1.165, 1.54) is 0 Å². The molecule has 0 saturated carbocycles. The van der Waals surface area contributed by atoms with E-state index in [2.05, 4.69) is 16.0 Å². The van der Waals surface area contributed by atoms with Gasteiger partial charge in [0, 0.05) is 12.6 Å². The van der Waals surface area contributed by atoms with Crippen LogP contribution in [-0.2, 0) is 9.59 Å². The fourth-order valence-corrected chi connectivity index (χ4v) is 1.19. The van der Waals surface area contributed by atoms with Gasteiger partial charge in [0.05, 0.1) is 12.6 Å². The molecule has 106 valence electrons. The van der Waals surface area contributed by atoms with Crippen LogP contribution < -0.4 is 16.0 Å². The molecule has 0 aliphatic rings. The maximum atomic E-state index is 11.7. The number of hydrogen-bond acceptors (Lipinski definition) is 3. The summed E-state index contributed by atoms with van der Waals surface area (Å²) in [6, 6.07) is -0.194. The van der Waals surface area contributed by atoms with Gasteiger partial charge in [-0.15, -0.1) is 0 Å². The molecule has 0 fully saturated rings. The first-order chi connectivity index (χ1) is 8.36. The number of carbonyl (C=O) groups excluding carboxylic acids is 2. The molecule has 5 nitrogen and oxygen atoms in total. The molecule has 5 heteroatoms. The summed E-state index contributed by atoms with van der Waals surface area (Å²) in [4.78, 5) is 23.1. The number of hydrogen-bond donors (Lipinski definition) is 3. The van der Waals surface area contributed by atoms with E-state index >= 15 is 0 Å². The average molecular weight is 257 g/mol. The number of nitrogens with one attached hydrogen (secondary N) is 3. The predicted molar refractivity (Wildman–Crippen MR) is 73.2 cm³/mol. The molecule has 0 aromatic heterocycles. The first-order valence-corrected chi connectivity index (χ1v) is 6.67. The van der Waals surface area contributed by atoms with Crippen LogP contribution in [0.15, 0.2) is 0 Å². The van der Waals surface area contributed by atoms with E-state index < -0.39 is 0 Å². The lowest BCUT2D eigenvalue weighted by molar-refractivity contribution is -0.124. The highest BCUT2D eigenvalue weighted by molar-refractivity contribution is 5.83. The molecular formula is C13H27N3O2. The van der Waals surface area contributed by atoms with Crippen molar-refractivity contribution < 1.29 is 9.59 Å². The molecule has 0 heterocycles. The van der Waals surface area contributed by atoms with Crippen molar-refractivity contribution in [2.75, 3.05) is 13.1 Å². The highest BCUT2D eigenvalue weighted by Crippen LogP contribution is 1.90. The van der Waals surface area contributed by atoms with Gasteiger partial charge in [-0.05, 0) is 26.2 Å². The summed E-state index contributed by atoms with van der Waals surface area (Å²) >= 11 is 0. The standard InChI is InChI=1S/C13H27N3O2/c1-6-10(4)16-13(18)11(5)14-8-12(17)15-7-9(2)3/h9-11,14H,6-8H2,1-5H3,(H,15,17)(H,16,18). The minimum Gasteiger partial charge on any atom is -0.355 e. The van der Waals surface area contributed by atoms with Crippen LogP contribution in [0.2, 0.25) is 0 Å². The monoisotopic (exact) mass is 257 g/mol. The quantitative estimate of drug-likeness (QED) is 0.598. The van der Waals surface area contributed by atoms with Gasteiger partial charge in [0.1, 0.15) is 0 Å². The van der Waals surface area contributed by atoms with Crippen LogP contribution >= 0.6 is 0 Å². The van der Waals surface area contributed by atoms with Crippen LogP contribution in [0.1, 0.15) is 41.0 Å². The predicted octanol–water partition coefficient (Wildman–Crippen LogP) is 0.651. The summed E-state index contributed by atoms with van der Waals surface area (Å²) in [5.74, 6) is 0.285. The molecule has 0 spiro atoms. The van der Waals surface area contributed by atoms with Crippen molar-refractivity contribution in [3.8, 4) is 0 Å². The zero-order chi connectivity index (χ0) is 14.1. The van der Waals surface area contributed by atoms with E-state index in [1.807, 2.05) is 27.7 Å². The molecule has 3 N–H and O–H groups in total. The first-order valence-electron chi connectivity index (χ1n) is 6.67. The van der Waals surface area contributed by atoms with Gasteiger partial charge in [0.2, 0.25) is 11.8 Å². The second kappa shape index (κ2) is 8.91. The van der Waals surface area contributed by atoms with Gasteiger partial charge >= 0.3 is 0 Å². The Hall–Kier alpha value is -1.10. The molecule has 0 rings (SSSR count). The van der Waals surface area contributed by atoms with Gasteiger partial charge in [0.25, 0.3) is 0 Å². The Balaban J connectivity index is 3.84. The zero-order valence-corrected chi connectivity index (χ0v) is 12.2. The molecule has 0 aliphatic heterocycles. The molecular weight excluding hydrogens is 230 g/mol. The van der Waals surface area contributed by atoms with Crippen molar-refractivity contribution >= 4 is 11.8 Å². The summed E-state index contributed by atoms with van der Waals surface area (Å²) in [6.45, 7) is 10.6. The third-order valence-electron chi connectivity index (χ3n) is 2.67. The van der Waals surface area contributed by atoms with E-state index in [9.17, 15) is 9.59 Å². The molecule has 0 aliphatic carbocycles. The maximum absolute atomic E-state index is 11.7. The smallest absolute Gasteiger partial charge is 0.237 e. The van der Waals surface area contributed by atoms with Crippen LogP contribution in [0.3, 0.4) is 0 Å². The van der Waals surface area contributed by atoms with Crippen LogP contribution in [0.4, 0.5) is 0 Å². The zero-order valence-electron chi connectivity index (χ0n) is 12.2. The Labute approximate surface area is 110 Å². The van der Waals surface area contributed by atoms with Crippen LogP contribution in [0, 0.1) is 5.92 Å². The van der Waals surface area contributed by atoms with Gasteiger partial charge < -0.3 is 10.6 Å². The Morgan fingerprint density at radius 1 is 1.11 bits per heavy atom. The summed E-state index contributed by atoms with van der Waals surface area (Å²) in [6.07, 6.45) is 0.896. The third kappa shape index (κ3) is 8.06. The molecule has 0 bridgehead atoms. The van der Waals surface area contributed by atoms with Crippen molar-refractivity contribution in [2.24, 2.45) is 5.92 Å². The van der Waals surface area contributed by atoms with Crippen molar-refractivity contribution in [1.29, 1.82) is 0 Å². The summed E-state index contributed by atoms with van der Waals surface area (Å²) < 4.78 is 0. The number of rotatable bonds is 8. The topological polar surface area (TPSA) is 70.2 Å². The molecule has 2 amide bonds. The fraction of sp³-hybridized carbons (Fsp3) is 0.846. The summed E-state index contributed by atoms with van der Waals surface area (Å²) in [7, 11) is 0. The molecule has 0 radical (unpaired) electrons. The van der Waals surface area contributed by atoms with Crippen molar-refractivity contribution in [1.82, 2.24) is 16.0 Å². The van der Waals surface area contributed by atoms with E-state index in [1.54, 1.807) is 6.92 Å². The van der Waals surface area contributed by atoms with Gasteiger partial charge in [-0.25, -0.2) is 0 Å². The van der Waals surface area contributed by atoms with Crippen LogP contribution in [0.5, 0.6) is 0 Å². The molecule has 0 aromatic carbocycles. The average Bonchev–Trinajstić information content (AvgIpc) is 2.32. The second-order valence-corrected chi connectivity index (χ2v) is 5.12. The Morgan fingerprint density at radius 2 is 1.72 bits per heavy atom.